The first-order chi connectivity index (χ1) is 7.75. The SMILES string of the molecule is O=C(OC[C@H]1C[C@@H](F)CO1)c1ccccc1. The Bertz CT molecular complexity index is 353. The van der Waals surface area contributed by atoms with Crippen molar-refractivity contribution in [1.29, 1.82) is 0 Å². The molecule has 1 saturated heterocycles. The lowest BCUT2D eigenvalue weighted by Gasteiger charge is -2.09. The molecule has 4 heteroatoms. The smallest absolute Gasteiger partial charge is 0.338 e. The highest BCUT2D eigenvalue weighted by Crippen LogP contribution is 2.16. The minimum absolute atomic E-state index is 0.105. The Kier molecular flexibility index (Phi) is 3.51. The van der Waals surface area contributed by atoms with Crippen LogP contribution in [0.15, 0.2) is 30.3 Å². The molecule has 16 heavy (non-hydrogen) atoms. The van der Waals surface area contributed by atoms with Crippen molar-refractivity contribution in [2.45, 2.75) is 18.7 Å². The second-order valence-electron chi connectivity index (χ2n) is 3.75. The summed E-state index contributed by atoms with van der Waals surface area (Å²) in [6, 6.07) is 8.71. The summed E-state index contributed by atoms with van der Waals surface area (Å²) in [7, 11) is 0. The van der Waals surface area contributed by atoms with Gasteiger partial charge in [0.2, 0.25) is 0 Å². The molecule has 1 heterocycles. The van der Waals surface area contributed by atoms with Crippen LogP contribution in [0, 0.1) is 0 Å². The molecule has 1 aliphatic rings. The van der Waals surface area contributed by atoms with Crippen LogP contribution in [0.4, 0.5) is 4.39 Å². The second-order valence-corrected chi connectivity index (χ2v) is 3.75. The van der Waals surface area contributed by atoms with Gasteiger partial charge in [-0.15, -0.1) is 0 Å². The molecule has 0 aromatic heterocycles. The molecule has 1 aliphatic heterocycles. The number of hydrogen-bond donors (Lipinski definition) is 0. The average molecular weight is 224 g/mol. The largest absolute Gasteiger partial charge is 0.459 e. The van der Waals surface area contributed by atoms with E-state index in [1.165, 1.54) is 0 Å². The van der Waals surface area contributed by atoms with E-state index in [4.69, 9.17) is 9.47 Å². The Labute approximate surface area is 93.2 Å². The van der Waals surface area contributed by atoms with Gasteiger partial charge in [-0.1, -0.05) is 18.2 Å². The van der Waals surface area contributed by atoms with Crippen molar-refractivity contribution in [2.75, 3.05) is 13.2 Å². The molecule has 0 bridgehead atoms. The molecule has 0 aliphatic carbocycles. The Morgan fingerprint density at radius 1 is 1.44 bits per heavy atom. The first-order valence-electron chi connectivity index (χ1n) is 5.23. The van der Waals surface area contributed by atoms with Crippen molar-refractivity contribution in [3.05, 3.63) is 35.9 Å². The predicted octanol–water partition coefficient (Wildman–Crippen LogP) is 1.97. The lowest BCUT2D eigenvalue weighted by Crippen LogP contribution is -2.18. The van der Waals surface area contributed by atoms with Gasteiger partial charge in [0.1, 0.15) is 12.8 Å². The van der Waals surface area contributed by atoms with Gasteiger partial charge in [0.05, 0.1) is 18.3 Å². The minimum Gasteiger partial charge on any atom is -0.459 e. The molecule has 0 radical (unpaired) electrons. The second kappa shape index (κ2) is 5.07. The molecular formula is C12H13FO3. The van der Waals surface area contributed by atoms with Crippen LogP contribution in [0.3, 0.4) is 0 Å². The quantitative estimate of drug-likeness (QED) is 0.736. The topological polar surface area (TPSA) is 35.5 Å². The summed E-state index contributed by atoms with van der Waals surface area (Å²) in [5.41, 5.74) is 0.497. The summed E-state index contributed by atoms with van der Waals surface area (Å²) in [6.07, 6.45) is -0.926. The molecule has 1 aromatic carbocycles. The third-order valence-electron chi connectivity index (χ3n) is 2.44. The summed E-state index contributed by atoms with van der Waals surface area (Å²) in [5, 5.41) is 0. The van der Waals surface area contributed by atoms with Gasteiger partial charge in [0, 0.05) is 6.42 Å². The lowest BCUT2D eigenvalue weighted by atomic mass is 10.2. The van der Waals surface area contributed by atoms with E-state index in [1.54, 1.807) is 24.3 Å². The van der Waals surface area contributed by atoms with E-state index in [1.807, 2.05) is 6.07 Å². The van der Waals surface area contributed by atoms with Gasteiger partial charge in [0.25, 0.3) is 0 Å². The number of halogens is 1. The Hall–Kier alpha value is -1.42. The Balaban J connectivity index is 1.80. The molecule has 2 atom stereocenters. The Morgan fingerprint density at radius 3 is 2.81 bits per heavy atom. The number of hydrogen-bond acceptors (Lipinski definition) is 3. The molecule has 0 N–H and O–H groups in total. The highest BCUT2D eigenvalue weighted by molar-refractivity contribution is 5.89. The number of esters is 1. The predicted molar refractivity (Wildman–Crippen MR) is 56.0 cm³/mol. The Morgan fingerprint density at radius 2 is 2.19 bits per heavy atom. The number of carbonyl (C=O) groups excluding carboxylic acids is 1. The third kappa shape index (κ3) is 2.79. The third-order valence-corrected chi connectivity index (χ3v) is 2.44. The first-order valence-corrected chi connectivity index (χ1v) is 5.23. The zero-order valence-corrected chi connectivity index (χ0v) is 8.77. The highest BCUT2D eigenvalue weighted by Gasteiger charge is 2.26. The highest BCUT2D eigenvalue weighted by atomic mass is 19.1. The fraction of sp³-hybridized carbons (Fsp3) is 0.417. The monoisotopic (exact) mass is 224 g/mol. The molecule has 86 valence electrons. The zero-order valence-electron chi connectivity index (χ0n) is 8.77. The van der Waals surface area contributed by atoms with Crippen molar-refractivity contribution in [3.8, 4) is 0 Å². The molecule has 0 spiro atoms. The number of alkyl halides is 1. The van der Waals surface area contributed by atoms with Gasteiger partial charge < -0.3 is 9.47 Å². The zero-order chi connectivity index (χ0) is 11.4. The normalized spacial score (nSPS) is 24.3. The maximum Gasteiger partial charge on any atom is 0.338 e. The summed E-state index contributed by atoms with van der Waals surface area (Å²) < 4.78 is 22.9. The van der Waals surface area contributed by atoms with E-state index in [2.05, 4.69) is 0 Å². The summed E-state index contributed by atoms with van der Waals surface area (Å²) >= 11 is 0. The number of ether oxygens (including phenoxy) is 2. The van der Waals surface area contributed by atoms with Crippen molar-refractivity contribution in [3.63, 3.8) is 0 Å². The van der Waals surface area contributed by atoms with Crippen molar-refractivity contribution in [1.82, 2.24) is 0 Å². The van der Waals surface area contributed by atoms with Gasteiger partial charge in [0.15, 0.2) is 0 Å². The fourth-order valence-corrected chi connectivity index (χ4v) is 1.60. The van der Waals surface area contributed by atoms with Crippen molar-refractivity contribution in [2.24, 2.45) is 0 Å². The van der Waals surface area contributed by atoms with E-state index in [0.717, 1.165) is 0 Å². The van der Waals surface area contributed by atoms with Gasteiger partial charge in [-0.25, -0.2) is 9.18 Å². The van der Waals surface area contributed by atoms with Crippen molar-refractivity contribution >= 4 is 5.97 Å². The molecular weight excluding hydrogens is 211 g/mol. The van der Waals surface area contributed by atoms with Crippen LogP contribution in [-0.4, -0.2) is 31.5 Å². The van der Waals surface area contributed by atoms with E-state index < -0.39 is 12.1 Å². The maximum atomic E-state index is 12.8. The average Bonchev–Trinajstić information content (AvgIpc) is 2.73. The molecule has 0 saturated carbocycles. The van der Waals surface area contributed by atoms with Crippen LogP contribution in [0.1, 0.15) is 16.8 Å². The van der Waals surface area contributed by atoms with Gasteiger partial charge in [-0.05, 0) is 12.1 Å². The molecule has 1 fully saturated rings. The van der Waals surface area contributed by atoms with E-state index >= 15 is 0 Å². The number of benzene rings is 1. The maximum absolute atomic E-state index is 12.8. The molecule has 3 nitrogen and oxygen atoms in total. The standard InChI is InChI=1S/C12H13FO3/c13-10-6-11(15-7-10)8-16-12(14)9-4-2-1-3-5-9/h1-5,10-11H,6-8H2/t10-,11-/m1/s1. The number of carbonyl (C=O) groups is 1. The minimum atomic E-state index is -0.930. The fourth-order valence-electron chi connectivity index (χ4n) is 1.60. The van der Waals surface area contributed by atoms with E-state index in [-0.39, 0.29) is 19.3 Å². The van der Waals surface area contributed by atoms with E-state index in [9.17, 15) is 9.18 Å². The van der Waals surface area contributed by atoms with Crippen LogP contribution < -0.4 is 0 Å². The van der Waals surface area contributed by atoms with Crippen LogP contribution >= 0.6 is 0 Å². The summed E-state index contributed by atoms with van der Waals surface area (Å²) in [6.45, 7) is 0.224. The summed E-state index contributed by atoms with van der Waals surface area (Å²) in [5.74, 6) is -0.397. The lowest BCUT2D eigenvalue weighted by molar-refractivity contribution is 0.0155. The number of rotatable bonds is 3. The molecule has 1 aromatic rings. The molecule has 0 amide bonds. The first kappa shape index (κ1) is 11.1. The van der Waals surface area contributed by atoms with Crippen LogP contribution in [0.2, 0.25) is 0 Å². The van der Waals surface area contributed by atoms with Crippen LogP contribution in [0.5, 0.6) is 0 Å². The molecule has 2 rings (SSSR count). The van der Waals surface area contributed by atoms with Gasteiger partial charge in [-0.3, -0.25) is 0 Å². The van der Waals surface area contributed by atoms with Gasteiger partial charge >= 0.3 is 5.97 Å². The molecule has 0 unspecified atom stereocenters. The van der Waals surface area contributed by atoms with Crippen molar-refractivity contribution < 1.29 is 18.7 Å². The van der Waals surface area contributed by atoms with Crippen LogP contribution in [-0.2, 0) is 9.47 Å². The van der Waals surface area contributed by atoms with Gasteiger partial charge in [-0.2, -0.15) is 0 Å². The van der Waals surface area contributed by atoms with Crippen LogP contribution in [0.25, 0.3) is 0 Å². The van der Waals surface area contributed by atoms with E-state index in [0.29, 0.717) is 12.0 Å². The summed E-state index contributed by atoms with van der Waals surface area (Å²) in [4.78, 5) is 11.5.